The summed E-state index contributed by atoms with van der Waals surface area (Å²) in [6.45, 7) is 0.409. The number of benzene rings is 3. The molecule has 0 aliphatic carbocycles. The van der Waals surface area contributed by atoms with Gasteiger partial charge < -0.3 is 9.73 Å². The number of rotatable bonds is 3. The molecule has 0 unspecified atom stereocenters. The summed E-state index contributed by atoms with van der Waals surface area (Å²) >= 11 is 0. The second-order valence-corrected chi connectivity index (χ2v) is 5.86. The van der Waals surface area contributed by atoms with Crippen LogP contribution in [0, 0.1) is 5.41 Å². The SMILES string of the molecule is N=c1oc2ccc3ccccc3c2cc1C(=O)NCc1ccccc1. The van der Waals surface area contributed by atoms with Gasteiger partial charge in [-0.15, -0.1) is 0 Å². The van der Waals surface area contributed by atoms with Gasteiger partial charge in [0.05, 0.1) is 0 Å². The van der Waals surface area contributed by atoms with Crippen molar-refractivity contribution >= 4 is 27.6 Å². The van der Waals surface area contributed by atoms with E-state index in [1.165, 1.54) is 0 Å². The van der Waals surface area contributed by atoms with Gasteiger partial charge in [-0.05, 0) is 28.5 Å². The molecule has 0 saturated heterocycles. The molecular formula is C21H16N2O2. The van der Waals surface area contributed by atoms with Gasteiger partial charge in [0.15, 0.2) is 0 Å². The maximum atomic E-state index is 12.5. The Morgan fingerprint density at radius 3 is 2.52 bits per heavy atom. The Kier molecular flexibility index (Phi) is 3.78. The molecule has 4 heteroatoms. The van der Waals surface area contributed by atoms with Crippen LogP contribution < -0.4 is 10.9 Å². The number of nitrogens with one attached hydrogen (secondary N) is 2. The predicted octanol–water partition coefficient (Wildman–Crippen LogP) is 4.00. The minimum atomic E-state index is -0.313. The average molecular weight is 328 g/mol. The number of carbonyl (C=O) groups excluding carboxylic acids is 1. The lowest BCUT2D eigenvalue weighted by Gasteiger charge is -2.08. The number of hydrogen-bond acceptors (Lipinski definition) is 3. The number of hydrogen-bond donors (Lipinski definition) is 2. The monoisotopic (exact) mass is 328 g/mol. The van der Waals surface area contributed by atoms with Gasteiger partial charge in [-0.2, -0.15) is 0 Å². The van der Waals surface area contributed by atoms with E-state index in [1.54, 1.807) is 6.07 Å². The van der Waals surface area contributed by atoms with E-state index in [0.717, 1.165) is 21.7 Å². The maximum absolute atomic E-state index is 12.5. The van der Waals surface area contributed by atoms with E-state index in [1.807, 2.05) is 66.7 Å². The van der Waals surface area contributed by atoms with Gasteiger partial charge in [-0.1, -0.05) is 60.7 Å². The molecule has 4 aromatic rings. The minimum absolute atomic E-state index is 0.131. The molecule has 0 bridgehead atoms. The van der Waals surface area contributed by atoms with Crippen molar-refractivity contribution in [2.45, 2.75) is 6.54 Å². The van der Waals surface area contributed by atoms with Crippen molar-refractivity contribution < 1.29 is 9.21 Å². The summed E-state index contributed by atoms with van der Waals surface area (Å²) in [4.78, 5) is 12.5. The van der Waals surface area contributed by atoms with E-state index in [0.29, 0.717) is 12.1 Å². The Balaban J connectivity index is 1.73. The first kappa shape index (κ1) is 15.1. The van der Waals surface area contributed by atoms with Crippen LogP contribution in [-0.2, 0) is 6.54 Å². The van der Waals surface area contributed by atoms with Crippen molar-refractivity contribution in [3.05, 3.63) is 89.5 Å². The molecule has 0 aliphatic heterocycles. The van der Waals surface area contributed by atoms with E-state index in [9.17, 15) is 4.79 Å². The maximum Gasteiger partial charge on any atom is 0.257 e. The fourth-order valence-corrected chi connectivity index (χ4v) is 2.93. The predicted molar refractivity (Wildman–Crippen MR) is 97.2 cm³/mol. The van der Waals surface area contributed by atoms with Gasteiger partial charge in [-0.25, -0.2) is 0 Å². The van der Waals surface area contributed by atoms with Gasteiger partial charge in [-0.3, -0.25) is 10.2 Å². The highest BCUT2D eigenvalue weighted by molar-refractivity contribution is 6.07. The normalized spacial score (nSPS) is 10.9. The number of amides is 1. The van der Waals surface area contributed by atoms with Crippen LogP contribution in [-0.4, -0.2) is 5.91 Å². The largest absolute Gasteiger partial charge is 0.438 e. The first-order valence-corrected chi connectivity index (χ1v) is 8.05. The van der Waals surface area contributed by atoms with Crippen LogP contribution in [0.4, 0.5) is 0 Å². The molecule has 0 fully saturated rings. The van der Waals surface area contributed by atoms with Crippen LogP contribution in [0.3, 0.4) is 0 Å². The highest BCUT2D eigenvalue weighted by atomic mass is 16.3. The molecule has 122 valence electrons. The minimum Gasteiger partial charge on any atom is -0.438 e. The summed E-state index contributed by atoms with van der Waals surface area (Å²) in [5.41, 5.74) is 1.71. The summed E-state index contributed by atoms with van der Waals surface area (Å²) in [5, 5.41) is 13.8. The van der Waals surface area contributed by atoms with Crippen molar-refractivity contribution in [2.24, 2.45) is 0 Å². The van der Waals surface area contributed by atoms with Gasteiger partial charge in [0.2, 0.25) is 5.55 Å². The summed E-state index contributed by atoms with van der Waals surface area (Å²) in [6.07, 6.45) is 0. The van der Waals surface area contributed by atoms with Gasteiger partial charge in [0.1, 0.15) is 11.1 Å². The van der Waals surface area contributed by atoms with Crippen LogP contribution in [0.5, 0.6) is 0 Å². The number of fused-ring (bicyclic) bond motifs is 3. The van der Waals surface area contributed by atoms with E-state index in [4.69, 9.17) is 9.83 Å². The lowest BCUT2D eigenvalue weighted by molar-refractivity contribution is 0.0946. The third kappa shape index (κ3) is 2.90. The summed E-state index contributed by atoms with van der Waals surface area (Å²) in [7, 11) is 0. The smallest absolute Gasteiger partial charge is 0.257 e. The van der Waals surface area contributed by atoms with Crippen molar-refractivity contribution in [1.29, 1.82) is 5.41 Å². The molecule has 0 spiro atoms. The first-order chi connectivity index (χ1) is 12.2. The Hall–Kier alpha value is -3.40. The Labute approximate surface area is 144 Å². The molecule has 4 rings (SSSR count). The average Bonchev–Trinajstić information content (AvgIpc) is 2.66. The Morgan fingerprint density at radius 1 is 0.920 bits per heavy atom. The van der Waals surface area contributed by atoms with Gasteiger partial charge in [0.25, 0.3) is 5.91 Å². The van der Waals surface area contributed by atoms with Gasteiger partial charge >= 0.3 is 0 Å². The second kappa shape index (κ2) is 6.24. The third-order valence-corrected chi connectivity index (χ3v) is 4.22. The van der Waals surface area contributed by atoms with E-state index >= 15 is 0 Å². The van der Waals surface area contributed by atoms with Crippen molar-refractivity contribution in [1.82, 2.24) is 5.32 Å². The first-order valence-electron chi connectivity index (χ1n) is 8.05. The van der Waals surface area contributed by atoms with Crippen molar-refractivity contribution in [3.8, 4) is 0 Å². The summed E-state index contributed by atoms with van der Waals surface area (Å²) < 4.78 is 5.58. The molecule has 1 amide bonds. The standard InChI is InChI=1S/C21H16N2O2/c22-20-18(21(24)23-13-14-6-2-1-3-7-14)12-17-16-9-5-4-8-15(16)10-11-19(17)25-20/h1-12,22H,13H2,(H,23,24). The molecule has 25 heavy (non-hydrogen) atoms. The highest BCUT2D eigenvalue weighted by Gasteiger charge is 2.12. The van der Waals surface area contributed by atoms with Crippen molar-refractivity contribution in [2.75, 3.05) is 0 Å². The Morgan fingerprint density at radius 2 is 1.68 bits per heavy atom. The molecule has 2 N–H and O–H groups in total. The van der Waals surface area contributed by atoms with Crippen molar-refractivity contribution in [3.63, 3.8) is 0 Å². The fourth-order valence-electron chi connectivity index (χ4n) is 2.93. The topological polar surface area (TPSA) is 66.1 Å². The van der Waals surface area contributed by atoms with E-state index < -0.39 is 0 Å². The highest BCUT2D eigenvalue weighted by Crippen LogP contribution is 2.24. The van der Waals surface area contributed by atoms with Crippen LogP contribution >= 0.6 is 0 Å². The summed E-state index contributed by atoms with van der Waals surface area (Å²) in [5.74, 6) is -0.313. The molecule has 0 atom stereocenters. The zero-order chi connectivity index (χ0) is 17.2. The lowest BCUT2D eigenvalue weighted by atomic mass is 10.0. The zero-order valence-electron chi connectivity index (χ0n) is 13.5. The number of carbonyl (C=O) groups is 1. The van der Waals surface area contributed by atoms with E-state index in [-0.39, 0.29) is 17.0 Å². The van der Waals surface area contributed by atoms with Gasteiger partial charge in [0, 0.05) is 11.9 Å². The molecule has 0 aliphatic rings. The molecule has 4 nitrogen and oxygen atoms in total. The molecule has 0 radical (unpaired) electrons. The lowest BCUT2D eigenvalue weighted by Crippen LogP contribution is -2.27. The zero-order valence-corrected chi connectivity index (χ0v) is 13.5. The molecule has 1 aromatic heterocycles. The molecular weight excluding hydrogens is 312 g/mol. The molecule has 1 heterocycles. The quantitative estimate of drug-likeness (QED) is 0.558. The fraction of sp³-hybridized carbons (Fsp3) is 0.0476. The summed E-state index contributed by atoms with van der Waals surface area (Å²) in [6, 6.07) is 23.1. The van der Waals surface area contributed by atoms with Crippen LogP contribution in [0.25, 0.3) is 21.7 Å². The van der Waals surface area contributed by atoms with Crippen LogP contribution in [0.2, 0.25) is 0 Å². The molecule has 0 saturated carbocycles. The third-order valence-electron chi connectivity index (χ3n) is 4.22. The second-order valence-electron chi connectivity index (χ2n) is 5.86. The van der Waals surface area contributed by atoms with Crippen LogP contribution in [0.15, 0.2) is 77.2 Å². The van der Waals surface area contributed by atoms with Crippen LogP contribution in [0.1, 0.15) is 15.9 Å². The molecule has 3 aromatic carbocycles. The van der Waals surface area contributed by atoms with E-state index in [2.05, 4.69) is 5.32 Å². The Bertz CT molecular complexity index is 1130.